The molecule has 0 aliphatic rings. The molecule has 2 amide bonds. The van der Waals surface area contributed by atoms with Crippen molar-refractivity contribution in [3.05, 3.63) is 0 Å². The van der Waals surface area contributed by atoms with Crippen LogP contribution in [0.2, 0.25) is 0 Å². The third kappa shape index (κ3) is 7.83. The van der Waals surface area contributed by atoms with Crippen molar-refractivity contribution in [3.63, 3.8) is 0 Å². The number of aliphatic hydroxyl groups is 1. The summed E-state index contributed by atoms with van der Waals surface area (Å²) in [7, 11) is 1.17. The summed E-state index contributed by atoms with van der Waals surface area (Å²) in [4.78, 5) is 35.4. The van der Waals surface area contributed by atoms with E-state index in [4.69, 9.17) is 9.84 Å². The Kier molecular flexibility index (Phi) is 8.60. The lowest BCUT2D eigenvalue weighted by Gasteiger charge is -2.26. The van der Waals surface area contributed by atoms with Crippen molar-refractivity contribution in [1.29, 1.82) is 0 Å². The van der Waals surface area contributed by atoms with E-state index in [1.54, 1.807) is 34.6 Å². The van der Waals surface area contributed by atoms with Crippen LogP contribution in [0.4, 0.5) is 4.79 Å². The van der Waals surface area contributed by atoms with Crippen LogP contribution in [0.15, 0.2) is 0 Å². The Bertz CT molecular complexity index is 419. The van der Waals surface area contributed by atoms with Crippen molar-refractivity contribution in [3.8, 4) is 0 Å². The van der Waals surface area contributed by atoms with Gasteiger partial charge in [-0.3, -0.25) is 4.79 Å². The Balaban J connectivity index is 4.75. The molecule has 134 valence electrons. The topological polar surface area (TPSA) is 114 Å². The molecule has 0 bridgehead atoms. The van der Waals surface area contributed by atoms with Crippen LogP contribution in [0.3, 0.4) is 0 Å². The molecule has 0 fully saturated rings. The molecule has 0 radical (unpaired) electrons. The van der Waals surface area contributed by atoms with Crippen LogP contribution in [0.1, 0.15) is 41.0 Å². The average Bonchev–Trinajstić information content (AvgIpc) is 2.42. The number of hydrogen-bond donors (Lipinski definition) is 3. The predicted molar refractivity (Wildman–Crippen MR) is 83.6 cm³/mol. The zero-order valence-electron chi connectivity index (χ0n) is 14.6. The smallest absolute Gasteiger partial charge is 0.407 e. The first-order chi connectivity index (χ1) is 10.6. The van der Waals surface area contributed by atoms with E-state index in [2.05, 4.69) is 15.4 Å². The second-order valence-corrected chi connectivity index (χ2v) is 6.22. The minimum Gasteiger partial charge on any atom is -0.467 e. The van der Waals surface area contributed by atoms with E-state index in [1.807, 2.05) is 0 Å². The molecule has 0 unspecified atom stereocenters. The maximum Gasteiger partial charge on any atom is 0.407 e. The first-order valence-electron chi connectivity index (χ1n) is 7.54. The van der Waals surface area contributed by atoms with Crippen LogP contribution in [0.25, 0.3) is 0 Å². The molecular formula is C15H28N2O6. The minimum absolute atomic E-state index is 0.433. The molecule has 0 aromatic carbocycles. The lowest BCUT2D eigenvalue weighted by molar-refractivity contribution is -0.146. The summed E-state index contributed by atoms with van der Waals surface area (Å²) in [5, 5.41) is 14.2. The van der Waals surface area contributed by atoms with E-state index >= 15 is 0 Å². The highest BCUT2D eigenvalue weighted by Gasteiger charge is 2.30. The molecule has 0 aliphatic heterocycles. The third-order valence-electron chi connectivity index (χ3n) is 3.11. The van der Waals surface area contributed by atoms with Gasteiger partial charge in [-0.2, -0.15) is 0 Å². The number of carbonyl (C=O) groups is 3. The number of amides is 2. The van der Waals surface area contributed by atoms with Gasteiger partial charge < -0.3 is 25.2 Å². The van der Waals surface area contributed by atoms with Crippen LogP contribution >= 0.6 is 0 Å². The van der Waals surface area contributed by atoms with Crippen LogP contribution in [-0.2, 0) is 19.1 Å². The van der Waals surface area contributed by atoms with Gasteiger partial charge in [0.2, 0.25) is 5.91 Å². The summed E-state index contributed by atoms with van der Waals surface area (Å²) in [6.07, 6.45) is -0.190. The Morgan fingerprint density at radius 3 is 2.13 bits per heavy atom. The highest BCUT2D eigenvalue weighted by atomic mass is 16.6. The highest BCUT2D eigenvalue weighted by molar-refractivity contribution is 5.86. The van der Waals surface area contributed by atoms with Crippen LogP contribution < -0.4 is 10.6 Å². The number of nitrogens with one attached hydrogen (secondary N) is 2. The van der Waals surface area contributed by atoms with Gasteiger partial charge >= 0.3 is 12.1 Å². The lowest BCUT2D eigenvalue weighted by atomic mass is 9.97. The summed E-state index contributed by atoms with van der Waals surface area (Å²) in [5.74, 6) is -1.77. The molecule has 0 rings (SSSR count). The molecule has 0 heterocycles. The molecule has 23 heavy (non-hydrogen) atoms. The Morgan fingerprint density at radius 2 is 1.74 bits per heavy atom. The molecule has 3 N–H and O–H groups in total. The fourth-order valence-electron chi connectivity index (χ4n) is 1.96. The predicted octanol–water partition coefficient (Wildman–Crippen LogP) is 0.576. The minimum atomic E-state index is -1.13. The molecule has 0 spiro atoms. The second-order valence-electron chi connectivity index (χ2n) is 6.22. The molecule has 0 aliphatic carbocycles. The van der Waals surface area contributed by atoms with Crippen molar-refractivity contribution in [2.45, 2.75) is 58.7 Å². The van der Waals surface area contributed by atoms with Gasteiger partial charge in [0.1, 0.15) is 5.60 Å². The van der Waals surface area contributed by atoms with Gasteiger partial charge in [0.15, 0.2) is 6.04 Å². The molecular weight excluding hydrogens is 304 g/mol. The average molecular weight is 332 g/mol. The fourth-order valence-corrected chi connectivity index (χ4v) is 1.96. The third-order valence-corrected chi connectivity index (χ3v) is 3.11. The second kappa shape index (κ2) is 9.34. The molecule has 0 saturated carbocycles. The number of rotatable bonds is 7. The monoisotopic (exact) mass is 332 g/mol. The van der Waals surface area contributed by atoms with Crippen molar-refractivity contribution in [2.24, 2.45) is 5.92 Å². The van der Waals surface area contributed by atoms with Crippen molar-refractivity contribution in [1.82, 2.24) is 10.6 Å². The SMILES string of the molecule is CC[C@@H](C(=O)N[C@@H](CO)C(=O)OC)[C@@H](C)NC(=O)OC(C)(C)C. The molecule has 8 nitrogen and oxygen atoms in total. The van der Waals surface area contributed by atoms with E-state index in [0.717, 1.165) is 0 Å². The standard InChI is InChI=1S/C15H28N2O6/c1-7-10(9(2)16-14(21)23-15(3,4)5)12(19)17-11(8-18)13(20)22-6/h9-11,18H,7-8H2,1-6H3,(H,16,21)(H,17,19)/t9-,10-,11+/m1/s1. The van der Waals surface area contributed by atoms with Gasteiger partial charge in [-0.25, -0.2) is 9.59 Å². The van der Waals surface area contributed by atoms with Gasteiger partial charge in [0, 0.05) is 6.04 Å². The van der Waals surface area contributed by atoms with E-state index in [9.17, 15) is 14.4 Å². The quantitative estimate of drug-likeness (QED) is 0.588. The number of alkyl carbamates (subject to hydrolysis) is 1. The molecule has 8 heteroatoms. The first-order valence-corrected chi connectivity index (χ1v) is 7.54. The number of ether oxygens (including phenoxy) is 2. The molecule has 3 atom stereocenters. The van der Waals surface area contributed by atoms with Crippen LogP contribution in [-0.4, -0.2) is 54.5 Å². The van der Waals surface area contributed by atoms with E-state index in [-0.39, 0.29) is 0 Å². The van der Waals surface area contributed by atoms with Crippen molar-refractivity contribution < 1.29 is 29.0 Å². The molecule has 0 aromatic heterocycles. The van der Waals surface area contributed by atoms with Gasteiger partial charge in [0.25, 0.3) is 0 Å². The maximum absolute atomic E-state index is 12.3. The number of methoxy groups -OCH3 is 1. The zero-order valence-corrected chi connectivity index (χ0v) is 14.6. The Labute approximate surface area is 136 Å². The lowest BCUT2D eigenvalue weighted by Crippen LogP contribution is -2.51. The fraction of sp³-hybridized carbons (Fsp3) is 0.800. The summed E-state index contributed by atoms with van der Waals surface area (Å²) in [6, 6.07) is -1.64. The number of esters is 1. The molecule has 0 aromatic rings. The van der Waals surface area contributed by atoms with Gasteiger partial charge in [-0.05, 0) is 34.1 Å². The number of hydrogen-bond acceptors (Lipinski definition) is 6. The highest BCUT2D eigenvalue weighted by Crippen LogP contribution is 2.12. The van der Waals surface area contributed by atoms with Crippen molar-refractivity contribution >= 4 is 18.0 Å². The van der Waals surface area contributed by atoms with Crippen molar-refractivity contribution in [2.75, 3.05) is 13.7 Å². The normalized spacial score (nSPS) is 15.1. The summed E-state index contributed by atoms with van der Waals surface area (Å²) in [6.45, 7) is 8.10. The van der Waals surface area contributed by atoms with Crippen LogP contribution in [0, 0.1) is 5.92 Å². The van der Waals surface area contributed by atoms with Crippen LogP contribution in [0.5, 0.6) is 0 Å². The van der Waals surface area contributed by atoms with E-state index in [0.29, 0.717) is 6.42 Å². The van der Waals surface area contributed by atoms with E-state index < -0.39 is 48.2 Å². The number of aliphatic hydroxyl groups excluding tert-OH is 1. The zero-order chi connectivity index (χ0) is 18.2. The summed E-state index contributed by atoms with van der Waals surface area (Å²) in [5.41, 5.74) is -0.638. The summed E-state index contributed by atoms with van der Waals surface area (Å²) >= 11 is 0. The van der Waals surface area contributed by atoms with E-state index in [1.165, 1.54) is 7.11 Å². The Morgan fingerprint density at radius 1 is 1.17 bits per heavy atom. The van der Waals surface area contributed by atoms with Gasteiger partial charge in [0.05, 0.1) is 19.6 Å². The first kappa shape index (κ1) is 21.2. The number of carbonyl (C=O) groups excluding carboxylic acids is 3. The Hall–Kier alpha value is -1.83. The maximum atomic E-state index is 12.3. The van der Waals surface area contributed by atoms with Gasteiger partial charge in [-0.15, -0.1) is 0 Å². The van der Waals surface area contributed by atoms with Gasteiger partial charge in [-0.1, -0.05) is 6.92 Å². The largest absolute Gasteiger partial charge is 0.467 e. The molecule has 0 saturated heterocycles. The summed E-state index contributed by atoms with van der Waals surface area (Å²) < 4.78 is 9.64.